The summed E-state index contributed by atoms with van der Waals surface area (Å²) in [6.45, 7) is 6.23. The van der Waals surface area contributed by atoms with E-state index >= 15 is 0 Å². The molecule has 1 unspecified atom stereocenters. The van der Waals surface area contributed by atoms with Crippen LogP contribution in [0.15, 0.2) is 0 Å². The van der Waals surface area contributed by atoms with Crippen LogP contribution in [0.4, 0.5) is 0 Å². The third kappa shape index (κ3) is 2.55. The molecule has 3 heteroatoms. The first-order valence-electron chi connectivity index (χ1n) is 5.35. The molecule has 1 heterocycles. The predicted molar refractivity (Wildman–Crippen MR) is 58.4 cm³/mol. The van der Waals surface area contributed by atoms with Crippen molar-refractivity contribution in [3.05, 3.63) is 0 Å². The number of likely N-dealkylation sites (N-methyl/N-ethyl adjacent to an activating group) is 2. The van der Waals surface area contributed by atoms with Gasteiger partial charge in [-0.2, -0.15) is 0 Å². The Morgan fingerprint density at radius 2 is 2.14 bits per heavy atom. The van der Waals surface area contributed by atoms with Gasteiger partial charge < -0.3 is 9.69 Å². The molecule has 0 aromatic rings. The standard InChI is InChI=1S/C11H22N2O/c1-11(2,9-14)13(4)10-6-5-7-12(3)8-10/h9-10H,5-8H2,1-4H3. The van der Waals surface area contributed by atoms with Crippen LogP contribution in [0.5, 0.6) is 0 Å². The summed E-state index contributed by atoms with van der Waals surface area (Å²) in [6, 6.07) is 0.522. The van der Waals surface area contributed by atoms with Crippen LogP contribution >= 0.6 is 0 Å². The summed E-state index contributed by atoms with van der Waals surface area (Å²) in [6.07, 6.45) is 3.49. The second-order valence-electron chi connectivity index (χ2n) is 4.94. The molecule has 0 radical (unpaired) electrons. The summed E-state index contributed by atoms with van der Waals surface area (Å²) in [5, 5.41) is 0. The fourth-order valence-corrected chi connectivity index (χ4v) is 2.01. The number of nitrogens with zero attached hydrogens (tertiary/aromatic N) is 2. The zero-order chi connectivity index (χ0) is 10.8. The normalized spacial score (nSPS) is 25.4. The Balaban J connectivity index is 2.59. The highest BCUT2D eigenvalue weighted by Crippen LogP contribution is 2.20. The molecular formula is C11H22N2O. The maximum atomic E-state index is 10.9. The fourth-order valence-electron chi connectivity index (χ4n) is 2.01. The molecule has 0 aliphatic carbocycles. The molecule has 82 valence electrons. The van der Waals surface area contributed by atoms with E-state index in [9.17, 15) is 4.79 Å². The summed E-state index contributed by atoms with van der Waals surface area (Å²) in [5.41, 5.74) is -0.331. The van der Waals surface area contributed by atoms with Crippen LogP contribution in [0, 0.1) is 0 Å². The molecule has 1 fully saturated rings. The van der Waals surface area contributed by atoms with E-state index in [-0.39, 0.29) is 5.54 Å². The topological polar surface area (TPSA) is 23.6 Å². The van der Waals surface area contributed by atoms with E-state index in [0.717, 1.165) is 12.8 Å². The van der Waals surface area contributed by atoms with Crippen molar-refractivity contribution in [2.24, 2.45) is 0 Å². The molecule has 0 spiro atoms. The van der Waals surface area contributed by atoms with Gasteiger partial charge in [-0.25, -0.2) is 0 Å². The Bertz CT molecular complexity index is 203. The highest BCUT2D eigenvalue weighted by atomic mass is 16.1. The van der Waals surface area contributed by atoms with Crippen molar-refractivity contribution < 1.29 is 4.79 Å². The van der Waals surface area contributed by atoms with Crippen LogP contribution in [-0.2, 0) is 4.79 Å². The first-order chi connectivity index (χ1) is 6.47. The zero-order valence-corrected chi connectivity index (χ0v) is 9.79. The minimum atomic E-state index is -0.331. The van der Waals surface area contributed by atoms with Gasteiger partial charge in [0.25, 0.3) is 0 Å². The highest BCUT2D eigenvalue weighted by molar-refractivity contribution is 5.62. The molecule has 1 saturated heterocycles. The van der Waals surface area contributed by atoms with Crippen molar-refractivity contribution in [1.82, 2.24) is 9.80 Å². The molecule has 1 aliphatic heterocycles. The summed E-state index contributed by atoms with van der Waals surface area (Å²) in [4.78, 5) is 15.5. The third-order valence-corrected chi connectivity index (χ3v) is 3.34. The lowest BCUT2D eigenvalue weighted by atomic mass is 9.98. The van der Waals surface area contributed by atoms with Crippen LogP contribution in [0.25, 0.3) is 0 Å². The largest absolute Gasteiger partial charge is 0.305 e. The monoisotopic (exact) mass is 198 g/mol. The van der Waals surface area contributed by atoms with E-state index < -0.39 is 0 Å². The van der Waals surface area contributed by atoms with Crippen molar-refractivity contribution in [3.63, 3.8) is 0 Å². The third-order valence-electron chi connectivity index (χ3n) is 3.34. The zero-order valence-electron chi connectivity index (χ0n) is 9.79. The molecule has 1 aliphatic rings. The minimum Gasteiger partial charge on any atom is -0.305 e. The first kappa shape index (κ1) is 11.7. The molecular weight excluding hydrogens is 176 g/mol. The summed E-state index contributed by atoms with van der Waals surface area (Å²) in [7, 11) is 4.20. The van der Waals surface area contributed by atoms with Crippen molar-refractivity contribution >= 4 is 6.29 Å². The predicted octanol–water partition coefficient (Wildman–Crippen LogP) is 0.990. The van der Waals surface area contributed by atoms with E-state index in [2.05, 4.69) is 23.9 Å². The first-order valence-corrected chi connectivity index (χ1v) is 5.35. The van der Waals surface area contributed by atoms with Gasteiger partial charge in [-0.15, -0.1) is 0 Å². The van der Waals surface area contributed by atoms with Gasteiger partial charge in [0.15, 0.2) is 0 Å². The molecule has 0 aromatic carbocycles. The number of rotatable bonds is 3. The van der Waals surface area contributed by atoms with Gasteiger partial charge in [0.1, 0.15) is 6.29 Å². The van der Waals surface area contributed by atoms with Crippen LogP contribution in [0.3, 0.4) is 0 Å². The van der Waals surface area contributed by atoms with Gasteiger partial charge in [0, 0.05) is 12.6 Å². The van der Waals surface area contributed by atoms with E-state index in [1.807, 2.05) is 13.8 Å². The summed E-state index contributed by atoms with van der Waals surface area (Å²) in [5.74, 6) is 0. The van der Waals surface area contributed by atoms with Gasteiger partial charge >= 0.3 is 0 Å². The smallest absolute Gasteiger partial charge is 0.139 e. The van der Waals surface area contributed by atoms with Crippen molar-refractivity contribution in [2.45, 2.75) is 38.3 Å². The van der Waals surface area contributed by atoms with Gasteiger partial charge in [0.2, 0.25) is 0 Å². The number of piperidine rings is 1. The maximum absolute atomic E-state index is 10.9. The van der Waals surface area contributed by atoms with Gasteiger partial charge in [-0.05, 0) is 47.3 Å². The van der Waals surface area contributed by atoms with Crippen molar-refractivity contribution in [1.29, 1.82) is 0 Å². The van der Waals surface area contributed by atoms with Gasteiger partial charge in [-0.1, -0.05) is 0 Å². The molecule has 1 rings (SSSR count). The van der Waals surface area contributed by atoms with E-state index in [4.69, 9.17) is 0 Å². The van der Waals surface area contributed by atoms with Gasteiger partial charge in [-0.3, -0.25) is 4.90 Å². The number of hydrogen-bond acceptors (Lipinski definition) is 3. The lowest BCUT2D eigenvalue weighted by Gasteiger charge is -2.41. The number of aldehydes is 1. The van der Waals surface area contributed by atoms with Crippen molar-refractivity contribution in [3.8, 4) is 0 Å². The minimum absolute atomic E-state index is 0.331. The molecule has 0 saturated carbocycles. The maximum Gasteiger partial charge on any atom is 0.139 e. The lowest BCUT2D eigenvalue weighted by Crippen LogP contribution is -2.54. The lowest BCUT2D eigenvalue weighted by molar-refractivity contribution is -0.118. The Morgan fingerprint density at radius 3 is 2.64 bits per heavy atom. The van der Waals surface area contributed by atoms with Crippen LogP contribution in [-0.4, -0.2) is 54.9 Å². The summed E-state index contributed by atoms with van der Waals surface area (Å²) < 4.78 is 0. The van der Waals surface area contributed by atoms with Crippen molar-refractivity contribution in [2.75, 3.05) is 27.2 Å². The Labute approximate surface area is 87.1 Å². The van der Waals surface area contributed by atoms with E-state index in [0.29, 0.717) is 6.04 Å². The fraction of sp³-hybridized carbons (Fsp3) is 0.909. The highest BCUT2D eigenvalue weighted by Gasteiger charge is 2.30. The van der Waals surface area contributed by atoms with Crippen LogP contribution in [0.2, 0.25) is 0 Å². The van der Waals surface area contributed by atoms with Crippen LogP contribution in [0.1, 0.15) is 26.7 Å². The number of hydrogen-bond donors (Lipinski definition) is 0. The molecule has 0 N–H and O–H groups in total. The average molecular weight is 198 g/mol. The number of carbonyl (C=O) groups is 1. The average Bonchev–Trinajstić information content (AvgIpc) is 2.16. The molecule has 3 nitrogen and oxygen atoms in total. The second-order valence-corrected chi connectivity index (χ2v) is 4.94. The Kier molecular flexibility index (Phi) is 3.67. The number of carbonyl (C=O) groups excluding carboxylic acids is 1. The van der Waals surface area contributed by atoms with Crippen LogP contribution < -0.4 is 0 Å². The molecule has 1 atom stereocenters. The number of likely N-dealkylation sites (tertiary alicyclic amines) is 1. The summed E-state index contributed by atoms with van der Waals surface area (Å²) >= 11 is 0. The second kappa shape index (κ2) is 4.41. The SMILES string of the molecule is CN1CCCC(N(C)C(C)(C)C=O)C1. The Hall–Kier alpha value is -0.410. The quantitative estimate of drug-likeness (QED) is 0.632. The molecule has 14 heavy (non-hydrogen) atoms. The molecule has 0 aromatic heterocycles. The molecule has 0 amide bonds. The van der Waals surface area contributed by atoms with E-state index in [1.54, 1.807) is 0 Å². The molecule has 0 bridgehead atoms. The Morgan fingerprint density at radius 1 is 1.50 bits per heavy atom. The van der Waals surface area contributed by atoms with Gasteiger partial charge in [0.05, 0.1) is 5.54 Å². The van der Waals surface area contributed by atoms with E-state index in [1.165, 1.54) is 19.4 Å².